The van der Waals surface area contributed by atoms with Gasteiger partial charge in [0.2, 0.25) is 5.95 Å². The third-order valence-corrected chi connectivity index (χ3v) is 5.94. The SMILES string of the molecule is Cc1cc(C)cc(CN[C@H]2CC[C@@H](Nc3nc(N(C)C)c4ccccc4n3)CC2)c1. The Bertz CT molecular complexity index is 985. The van der Waals surface area contributed by atoms with E-state index < -0.39 is 0 Å². The minimum atomic E-state index is 0.431. The number of fused-ring (bicyclic) bond motifs is 1. The number of nitrogens with one attached hydrogen (secondary N) is 2. The van der Waals surface area contributed by atoms with Crippen molar-refractivity contribution in [3.05, 3.63) is 59.2 Å². The van der Waals surface area contributed by atoms with E-state index in [2.05, 4.69) is 59.7 Å². The van der Waals surface area contributed by atoms with Crippen LogP contribution in [-0.4, -0.2) is 36.1 Å². The van der Waals surface area contributed by atoms with Crippen molar-refractivity contribution in [1.82, 2.24) is 15.3 Å². The van der Waals surface area contributed by atoms with Gasteiger partial charge in [0.25, 0.3) is 0 Å². The third kappa shape index (κ3) is 4.90. The lowest BCUT2D eigenvalue weighted by atomic mass is 9.91. The van der Waals surface area contributed by atoms with Crippen LogP contribution < -0.4 is 15.5 Å². The number of aryl methyl sites for hydroxylation is 2. The summed E-state index contributed by atoms with van der Waals surface area (Å²) < 4.78 is 0. The fourth-order valence-electron chi connectivity index (χ4n) is 4.52. The smallest absolute Gasteiger partial charge is 0.225 e. The molecular formula is C25H33N5. The van der Waals surface area contributed by atoms with E-state index in [1.165, 1.54) is 29.5 Å². The molecule has 1 heterocycles. The van der Waals surface area contributed by atoms with Gasteiger partial charge in [-0.1, -0.05) is 41.5 Å². The zero-order chi connectivity index (χ0) is 21.1. The van der Waals surface area contributed by atoms with Gasteiger partial charge in [-0.05, 0) is 57.2 Å². The summed E-state index contributed by atoms with van der Waals surface area (Å²) in [4.78, 5) is 11.6. The van der Waals surface area contributed by atoms with Crippen molar-refractivity contribution in [3.8, 4) is 0 Å². The lowest BCUT2D eigenvalue weighted by Gasteiger charge is -2.30. The zero-order valence-electron chi connectivity index (χ0n) is 18.6. The molecule has 0 radical (unpaired) electrons. The molecule has 1 fully saturated rings. The molecule has 2 aromatic carbocycles. The molecule has 4 rings (SSSR count). The first kappa shape index (κ1) is 20.6. The quantitative estimate of drug-likeness (QED) is 0.618. The molecule has 5 nitrogen and oxygen atoms in total. The minimum Gasteiger partial charge on any atom is -0.362 e. The van der Waals surface area contributed by atoms with Crippen LogP contribution >= 0.6 is 0 Å². The van der Waals surface area contributed by atoms with E-state index in [0.29, 0.717) is 12.1 Å². The second-order valence-corrected chi connectivity index (χ2v) is 8.85. The number of benzene rings is 2. The number of hydrogen-bond acceptors (Lipinski definition) is 5. The molecule has 0 bridgehead atoms. The molecule has 3 aromatic rings. The Labute approximate surface area is 179 Å². The molecule has 0 unspecified atom stereocenters. The highest BCUT2D eigenvalue weighted by atomic mass is 15.2. The molecule has 30 heavy (non-hydrogen) atoms. The summed E-state index contributed by atoms with van der Waals surface area (Å²) in [5.74, 6) is 1.70. The van der Waals surface area contributed by atoms with E-state index >= 15 is 0 Å². The van der Waals surface area contributed by atoms with Crippen LogP contribution in [0, 0.1) is 13.8 Å². The van der Waals surface area contributed by atoms with Gasteiger partial charge in [-0.15, -0.1) is 0 Å². The summed E-state index contributed by atoms with van der Waals surface area (Å²) in [6.45, 7) is 5.29. The fraction of sp³-hybridized carbons (Fsp3) is 0.440. The van der Waals surface area contributed by atoms with Crippen LogP contribution in [-0.2, 0) is 6.54 Å². The van der Waals surface area contributed by atoms with E-state index in [4.69, 9.17) is 9.97 Å². The lowest BCUT2D eigenvalue weighted by Crippen LogP contribution is -2.37. The van der Waals surface area contributed by atoms with Crippen LogP contribution in [0.15, 0.2) is 42.5 Å². The first-order valence-corrected chi connectivity index (χ1v) is 11.0. The Hall–Kier alpha value is -2.66. The monoisotopic (exact) mass is 403 g/mol. The molecule has 5 heteroatoms. The maximum absolute atomic E-state index is 4.79. The van der Waals surface area contributed by atoms with Crippen LogP contribution in [0.4, 0.5) is 11.8 Å². The van der Waals surface area contributed by atoms with Crippen molar-refractivity contribution in [3.63, 3.8) is 0 Å². The Morgan fingerprint density at radius 1 is 0.900 bits per heavy atom. The van der Waals surface area contributed by atoms with Gasteiger partial charge in [-0.25, -0.2) is 4.98 Å². The maximum atomic E-state index is 4.79. The second-order valence-electron chi connectivity index (χ2n) is 8.85. The van der Waals surface area contributed by atoms with E-state index in [9.17, 15) is 0 Å². The first-order valence-electron chi connectivity index (χ1n) is 11.0. The Balaban J connectivity index is 1.34. The van der Waals surface area contributed by atoms with Gasteiger partial charge in [-0.2, -0.15) is 4.98 Å². The summed E-state index contributed by atoms with van der Waals surface area (Å²) in [5.41, 5.74) is 5.05. The summed E-state index contributed by atoms with van der Waals surface area (Å²) >= 11 is 0. The number of aromatic nitrogens is 2. The summed E-state index contributed by atoms with van der Waals surface area (Å²) in [5, 5.41) is 8.45. The molecule has 1 saturated carbocycles. The topological polar surface area (TPSA) is 53.1 Å². The highest BCUT2D eigenvalue weighted by Gasteiger charge is 2.22. The highest BCUT2D eigenvalue weighted by molar-refractivity contribution is 5.90. The summed E-state index contributed by atoms with van der Waals surface area (Å²) in [6.07, 6.45) is 4.63. The van der Waals surface area contributed by atoms with E-state index in [-0.39, 0.29) is 0 Å². The molecular weight excluding hydrogens is 370 g/mol. The number of nitrogens with zero attached hydrogens (tertiary/aromatic N) is 3. The summed E-state index contributed by atoms with van der Waals surface area (Å²) in [7, 11) is 4.07. The first-order chi connectivity index (χ1) is 14.5. The predicted molar refractivity (Wildman–Crippen MR) is 126 cm³/mol. The van der Waals surface area contributed by atoms with Gasteiger partial charge in [-0.3, -0.25) is 0 Å². The maximum Gasteiger partial charge on any atom is 0.225 e. The lowest BCUT2D eigenvalue weighted by molar-refractivity contribution is 0.352. The normalized spacial score (nSPS) is 19.1. The zero-order valence-corrected chi connectivity index (χ0v) is 18.6. The van der Waals surface area contributed by atoms with Gasteiger partial charge in [0.05, 0.1) is 5.52 Å². The van der Waals surface area contributed by atoms with E-state index in [1.54, 1.807) is 0 Å². The molecule has 2 N–H and O–H groups in total. The van der Waals surface area contributed by atoms with Gasteiger partial charge >= 0.3 is 0 Å². The second kappa shape index (κ2) is 9.00. The van der Waals surface area contributed by atoms with Gasteiger partial charge in [0, 0.05) is 38.1 Å². The van der Waals surface area contributed by atoms with E-state index in [0.717, 1.165) is 42.1 Å². The number of para-hydroxylation sites is 1. The average molecular weight is 404 g/mol. The van der Waals surface area contributed by atoms with Crippen LogP contribution in [0.25, 0.3) is 10.9 Å². The standard InChI is InChI=1S/C25H33N5/c1-17-13-18(2)15-19(14-17)16-26-20-9-11-21(12-10-20)27-25-28-23-8-6-5-7-22(23)24(29-25)30(3)4/h5-8,13-15,20-21,26H,9-12,16H2,1-4H3,(H,27,28,29)/t20-,21+. The van der Waals surface area contributed by atoms with Crippen LogP contribution in [0.2, 0.25) is 0 Å². The van der Waals surface area contributed by atoms with Crippen molar-refractivity contribution in [2.75, 3.05) is 24.3 Å². The van der Waals surface area contributed by atoms with Gasteiger partial charge < -0.3 is 15.5 Å². The van der Waals surface area contributed by atoms with Crippen molar-refractivity contribution in [1.29, 1.82) is 0 Å². The molecule has 0 atom stereocenters. The Morgan fingerprint density at radius 2 is 1.57 bits per heavy atom. The number of rotatable bonds is 6. The van der Waals surface area contributed by atoms with E-state index in [1.807, 2.05) is 26.2 Å². The molecule has 1 aliphatic carbocycles. The third-order valence-electron chi connectivity index (χ3n) is 5.94. The largest absolute Gasteiger partial charge is 0.362 e. The van der Waals surface area contributed by atoms with Crippen LogP contribution in [0.3, 0.4) is 0 Å². The Morgan fingerprint density at radius 3 is 2.27 bits per heavy atom. The Kier molecular flexibility index (Phi) is 6.18. The predicted octanol–water partition coefficient (Wildman–Crippen LogP) is 4.83. The number of hydrogen-bond donors (Lipinski definition) is 2. The molecule has 0 aliphatic heterocycles. The summed E-state index contributed by atoms with van der Waals surface area (Å²) in [6, 6.07) is 16.0. The molecule has 158 valence electrons. The van der Waals surface area contributed by atoms with Crippen molar-refractivity contribution in [2.45, 2.75) is 58.2 Å². The van der Waals surface area contributed by atoms with Gasteiger partial charge in [0.15, 0.2) is 0 Å². The van der Waals surface area contributed by atoms with Crippen LogP contribution in [0.5, 0.6) is 0 Å². The number of anilines is 2. The van der Waals surface area contributed by atoms with Crippen molar-refractivity contribution >= 4 is 22.7 Å². The van der Waals surface area contributed by atoms with Crippen molar-refractivity contribution < 1.29 is 0 Å². The van der Waals surface area contributed by atoms with Crippen LogP contribution in [0.1, 0.15) is 42.4 Å². The molecule has 0 saturated heterocycles. The average Bonchev–Trinajstić information content (AvgIpc) is 2.72. The molecule has 1 aromatic heterocycles. The molecule has 0 amide bonds. The fourth-order valence-corrected chi connectivity index (χ4v) is 4.52. The van der Waals surface area contributed by atoms with Gasteiger partial charge in [0.1, 0.15) is 5.82 Å². The van der Waals surface area contributed by atoms with Crippen molar-refractivity contribution in [2.24, 2.45) is 0 Å². The molecule has 0 spiro atoms. The highest BCUT2D eigenvalue weighted by Crippen LogP contribution is 2.26. The molecule has 1 aliphatic rings. The minimum absolute atomic E-state index is 0.431.